The van der Waals surface area contributed by atoms with Crippen molar-refractivity contribution in [3.63, 3.8) is 0 Å². The first kappa shape index (κ1) is 13.1. The van der Waals surface area contributed by atoms with Gasteiger partial charge in [-0.15, -0.1) is 0 Å². The van der Waals surface area contributed by atoms with Gasteiger partial charge < -0.3 is 4.90 Å². The predicted octanol–water partition coefficient (Wildman–Crippen LogP) is 2.76. The van der Waals surface area contributed by atoms with Crippen molar-refractivity contribution in [2.45, 2.75) is 45.6 Å². The molecule has 0 unspecified atom stereocenters. The van der Waals surface area contributed by atoms with Crippen LogP contribution in [-0.4, -0.2) is 48.6 Å². The standard InChI is InChI=1S/C15H28N2/c1-14(2)8-9-16-10-12-17(13-11-16)15-6-4-3-5-7-15/h4,6,14-15H,3,5,7-13H2,1-2H3/t15-/m1/s1. The van der Waals surface area contributed by atoms with Crippen LogP contribution < -0.4 is 0 Å². The van der Waals surface area contributed by atoms with Crippen LogP contribution in [0.3, 0.4) is 0 Å². The first-order valence-electron chi connectivity index (χ1n) is 7.39. The maximum Gasteiger partial charge on any atom is 0.0279 e. The summed E-state index contributed by atoms with van der Waals surface area (Å²) in [7, 11) is 0. The fourth-order valence-electron chi connectivity index (χ4n) is 2.86. The van der Waals surface area contributed by atoms with Gasteiger partial charge in [0.15, 0.2) is 0 Å². The van der Waals surface area contributed by atoms with Gasteiger partial charge in [-0.3, -0.25) is 4.90 Å². The fourth-order valence-corrected chi connectivity index (χ4v) is 2.86. The van der Waals surface area contributed by atoms with Crippen LogP contribution >= 0.6 is 0 Å². The quantitative estimate of drug-likeness (QED) is 0.693. The van der Waals surface area contributed by atoms with Gasteiger partial charge >= 0.3 is 0 Å². The number of rotatable bonds is 4. The van der Waals surface area contributed by atoms with Gasteiger partial charge in [0.25, 0.3) is 0 Å². The van der Waals surface area contributed by atoms with Crippen LogP contribution in [0.25, 0.3) is 0 Å². The van der Waals surface area contributed by atoms with E-state index in [1.54, 1.807) is 0 Å². The Labute approximate surface area is 107 Å². The van der Waals surface area contributed by atoms with Crippen molar-refractivity contribution in [1.82, 2.24) is 9.80 Å². The van der Waals surface area contributed by atoms with E-state index in [1.165, 1.54) is 58.4 Å². The highest BCUT2D eigenvalue weighted by Crippen LogP contribution is 2.18. The van der Waals surface area contributed by atoms with Gasteiger partial charge in [-0.2, -0.15) is 0 Å². The third-order valence-electron chi connectivity index (χ3n) is 4.13. The van der Waals surface area contributed by atoms with Crippen molar-refractivity contribution in [2.75, 3.05) is 32.7 Å². The van der Waals surface area contributed by atoms with Crippen LogP contribution in [0.2, 0.25) is 0 Å². The normalized spacial score (nSPS) is 27.8. The molecule has 1 saturated heterocycles. The lowest BCUT2D eigenvalue weighted by Crippen LogP contribution is -2.50. The molecule has 0 saturated carbocycles. The fraction of sp³-hybridized carbons (Fsp3) is 0.867. The van der Waals surface area contributed by atoms with E-state index in [9.17, 15) is 0 Å². The van der Waals surface area contributed by atoms with Gasteiger partial charge in [-0.05, 0) is 38.1 Å². The minimum Gasteiger partial charge on any atom is -0.301 e. The Kier molecular flexibility index (Phi) is 5.05. The molecule has 0 radical (unpaired) electrons. The number of hydrogen-bond acceptors (Lipinski definition) is 2. The second-order valence-electron chi connectivity index (χ2n) is 5.99. The van der Waals surface area contributed by atoms with Crippen LogP contribution in [0.1, 0.15) is 39.5 Å². The van der Waals surface area contributed by atoms with E-state index in [0.29, 0.717) is 0 Å². The van der Waals surface area contributed by atoms with Crippen molar-refractivity contribution in [3.05, 3.63) is 12.2 Å². The van der Waals surface area contributed by atoms with Crippen molar-refractivity contribution >= 4 is 0 Å². The molecule has 98 valence electrons. The maximum absolute atomic E-state index is 2.68. The molecule has 1 heterocycles. The zero-order chi connectivity index (χ0) is 12.1. The van der Waals surface area contributed by atoms with E-state index >= 15 is 0 Å². The molecule has 2 heteroatoms. The molecule has 2 rings (SSSR count). The molecule has 0 spiro atoms. The molecule has 1 aliphatic carbocycles. The summed E-state index contributed by atoms with van der Waals surface area (Å²) in [5, 5.41) is 0. The number of hydrogen-bond donors (Lipinski definition) is 0. The Morgan fingerprint density at radius 2 is 1.94 bits per heavy atom. The molecule has 1 aliphatic heterocycles. The SMILES string of the molecule is CC(C)CCN1CCN([C@@H]2C=CCCC2)CC1. The van der Waals surface area contributed by atoms with E-state index in [-0.39, 0.29) is 0 Å². The largest absolute Gasteiger partial charge is 0.301 e. The van der Waals surface area contributed by atoms with E-state index < -0.39 is 0 Å². The molecule has 0 amide bonds. The molecule has 0 aromatic rings. The van der Waals surface area contributed by atoms with Crippen LogP contribution in [0.5, 0.6) is 0 Å². The third kappa shape index (κ3) is 4.11. The van der Waals surface area contributed by atoms with Crippen molar-refractivity contribution in [1.29, 1.82) is 0 Å². The molecule has 1 fully saturated rings. The second-order valence-corrected chi connectivity index (χ2v) is 5.99. The average molecular weight is 236 g/mol. The van der Waals surface area contributed by atoms with E-state index in [0.717, 1.165) is 12.0 Å². The van der Waals surface area contributed by atoms with Gasteiger partial charge in [-0.1, -0.05) is 26.0 Å². The lowest BCUT2D eigenvalue weighted by atomic mass is 10.0. The zero-order valence-corrected chi connectivity index (χ0v) is 11.6. The van der Waals surface area contributed by atoms with E-state index in [4.69, 9.17) is 0 Å². The Hall–Kier alpha value is -0.340. The van der Waals surface area contributed by atoms with Crippen LogP contribution in [0.4, 0.5) is 0 Å². The van der Waals surface area contributed by atoms with Crippen molar-refractivity contribution in [2.24, 2.45) is 5.92 Å². The zero-order valence-electron chi connectivity index (χ0n) is 11.6. The summed E-state index contributed by atoms with van der Waals surface area (Å²) < 4.78 is 0. The maximum atomic E-state index is 2.68. The monoisotopic (exact) mass is 236 g/mol. The minimum atomic E-state index is 0.746. The third-order valence-corrected chi connectivity index (χ3v) is 4.13. The highest BCUT2D eigenvalue weighted by atomic mass is 15.3. The Morgan fingerprint density at radius 3 is 2.53 bits per heavy atom. The molecular weight excluding hydrogens is 208 g/mol. The highest BCUT2D eigenvalue weighted by molar-refractivity contribution is 4.99. The van der Waals surface area contributed by atoms with Gasteiger partial charge in [0.05, 0.1) is 0 Å². The molecular formula is C15H28N2. The van der Waals surface area contributed by atoms with E-state index in [2.05, 4.69) is 35.8 Å². The second kappa shape index (κ2) is 6.55. The number of allylic oxidation sites excluding steroid dienone is 1. The van der Waals surface area contributed by atoms with Crippen LogP contribution in [-0.2, 0) is 0 Å². The van der Waals surface area contributed by atoms with Crippen LogP contribution in [0.15, 0.2) is 12.2 Å². The van der Waals surface area contributed by atoms with Crippen molar-refractivity contribution in [3.8, 4) is 0 Å². The number of piperazine rings is 1. The van der Waals surface area contributed by atoms with Gasteiger partial charge in [0, 0.05) is 32.2 Å². The molecule has 2 nitrogen and oxygen atoms in total. The van der Waals surface area contributed by atoms with Gasteiger partial charge in [0.1, 0.15) is 0 Å². The van der Waals surface area contributed by atoms with Gasteiger partial charge in [-0.25, -0.2) is 0 Å². The highest BCUT2D eigenvalue weighted by Gasteiger charge is 2.22. The van der Waals surface area contributed by atoms with Gasteiger partial charge in [0.2, 0.25) is 0 Å². The Morgan fingerprint density at radius 1 is 1.18 bits per heavy atom. The molecule has 0 bridgehead atoms. The molecule has 1 atom stereocenters. The summed E-state index contributed by atoms with van der Waals surface area (Å²) in [5.74, 6) is 0.842. The summed E-state index contributed by atoms with van der Waals surface area (Å²) in [6, 6.07) is 0.746. The molecule has 0 aromatic heterocycles. The smallest absolute Gasteiger partial charge is 0.0279 e. The first-order valence-corrected chi connectivity index (χ1v) is 7.39. The molecule has 0 aromatic carbocycles. The average Bonchev–Trinajstić information content (AvgIpc) is 2.38. The molecule has 17 heavy (non-hydrogen) atoms. The number of nitrogens with zero attached hydrogens (tertiary/aromatic N) is 2. The lowest BCUT2D eigenvalue weighted by Gasteiger charge is -2.39. The predicted molar refractivity (Wildman–Crippen MR) is 74.2 cm³/mol. The summed E-state index contributed by atoms with van der Waals surface area (Å²) in [5.41, 5.74) is 0. The Balaban J connectivity index is 1.70. The molecule has 0 N–H and O–H groups in total. The lowest BCUT2D eigenvalue weighted by molar-refractivity contribution is 0.103. The van der Waals surface area contributed by atoms with Crippen LogP contribution in [0, 0.1) is 5.92 Å². The summed E-state index contributed by atoms with van der Waals surface area (Å²) in [6.07, 6.45) is 10.2. The van der Waals surface area contributed by atoms with Crippen molar-refractivity contribution < 1.29 is 0 Å². The van der Waals surface area contributed by atoms with E-state index in [1.807, 2.05) is 0 Å². The first-order chi connectivity index (χ1) is 8.25. The molecule has 2 aliphatic rings. The summed E-state index contributed by atoms with van der Waals surface area (Å²) in [4.78, 5) is 5.32. The minimum absolute atomic E-state index is 0.746. The summed E-state index contributed by atoms with van der Waals surface area (Å²) in [6.45, 7) is 11.0. The summed E-state index contributed by atoms with van der Waals surface area (Å²) >= 11 is 0. The topological polar surface area (TPSA) is 6.48 Å². The Bertz CT molecular complexity index is 239.